The molecular weight excluding hydrogens is 308 g/mol. The fourth-order valence-electron chi connectivity index (χ4n) is 2.59. The molecule has 2 aromatic carbocycles. The highest BCUT2D eigenvalue weighted by Crippen LogP contribution is 2.26. The van der Waals surface area contributed by atoms with Crippen LogP contribution in [0.2, 0.25) is 0 Å². The summed E-state index contributed by atoms with van der Waals surface area (Å²) < 4.78 is 5.92. The van der Waals surface area contributed by atoms with Gasteiger partial charge in [0.2, 0.25) is 0 Å². The maximum atomic E-state index is 5.92. The zero-order valence-corrected chi connectivity index (χ0v) is 13.5. The second-order valence-corrected chi connectivity index (χ2v) is 5.58. The molecule has 4 rings (SSSR count). The number of benzene rings is 2. The second-order valence-electron chi connectivity index (χ2n) is 5.58. The van der Waals surface area contributed by atoms with Crippen molar-refractivity contribution in [3.63, 3.8) is 0 Å². The lowest BCUT2D eigenvalue weighted by atomic mass is 10.1. The van der Waals surface area contributed by atoms with Gasteiger partial charge in [-0.1, -0.05) is 12.1 Å². The van der Waals surface area contributed by atoms with E-state index in [9.17, 15) is 0 Å². The molecule has 120 valence electrons. The monoisotopic (exact) mass is 324 g/mol. The fourth-order valence-corrected chi connectivity index (χ4v) is 2.59. The van der Waals surface area contributed by atoms with E-state index in [0.717, 1.165) is 34.0 Å². The van der Waals surface area contributed by atoms with Crippen LogP contribution in [0.15, 0.2) is 97.3 Å². The summed E-state index contributed by atoms with van der Waals surface area (Å²) in [7, 11) is 0. The first-order chi connectivity index (χ1) is 12.4. The average Bonchev–Trinajstić information content (AvgIpc) is 2.71. The molecule has 0 saturated heterocycles. The van der Waals surface area contributed by atoms with Crippen LogP contribution in [0.1, 0.15) is 0 Å². The molecule has 4 aromatic rings. The quantitative estimate of drug-likeness (QED) is 0.490. The Morgan fingerprint density at radius 1 is 0.480 bits per heavy atom. The lowest BCUT2D eigenvalue weighted by Gasteiger charge is -2.08. The van der Waals surface area contributed by atoms with Crippen LogP contribution in [0.4, 0.5) is 0 Å². The van der Waals surface area contributed by atoms with Crippen LogP contribution in [0.5, 0.6) is 11.5 Å². The predicted octanol–water partition coefficient (Wildman–Crippen LogP) is 5.60. The molecule has 0 aliphatic carbocycles. The predicted molar refractivity (Wildman–Crippen MR) is 99.4 cm³/mol. The molecular formula is C22H16N2O. The number of aromatic nitrogens is 2. The maximum absolute atomic E-state index is 5.92. The van der Waals surface area contributed by atoms with Crippen molar-refractivity contribution in [2.75, 3.05) is 0 Å². The molecule has 0 aliphatic heterocycles. The van der Waals surface area contributed by atoms with Gasteiger partial charge >= 0.3 is 0 Å². The highest BCUT2D eigenvalue weighted by atomic mass is 16.5. The van der Waals surface area contributed by atoms with Gasteiger partial charge in [-0.3, -0.25) is 9.97 Å². The van der Waals surface area contributed by atoms with E-state index in [4.69, 9.17) is 4.74 Å². The number of pyridine rings is 2. The Hall–Kier alpha value is -3.46. The van der Waals surface area contributed by atoms with Crippen molar-refractivity contribution in [3.8, 4) is 34.0 Å². The summed E-state index contributed by atoms with van der Waals surface area (Å²) in [5, 5.41) is 0. The Labute approximate surface area is 146 Å². The first-order valence-corrected chi connectivity index (χ1v) is 8.09. The van der Waals surface area contributed by atoms with Gasteiger partial charge in [0.1, 0.15) is 11.5 Å². The molecule has 0 spiro atoms. The minimum absolute atomic E-state index is 0.797. The first-order valence-electron chi connectivity index (χ1n) is 8.09. The topological polar surface area (TPSA) is 35.0 Å². The number of rotatable bonds is 4. The third-order valence-corrected chi connectivity index (χ3v) is 3.87. The van der Waals surface area contributed by atoms with E-state index < -0.39 is 0 Å². The van der Waals surface area contributed by atoms with Crippen LogP contribution in [-0.2, 0) is 0 Å². The van der Waals surface area contributed by atoms with Gasteiger partial charge in [-0.25, -0.2) is 0 Å². The van der Waals surface area contributed by atoms with Crippen LogP contribution < -0.4 is 4.74 Å². The first kappa shape index (κ1) is 15.1. The summed E-state index contributed by atoms with van der Waals surface area (Å²) in [6, 6.07) is 27.6. The summed E-state index contributed by atoms with van der Waals surface area (Å²) >= 11 is 0. The van der Waals surface area contributed by atoms with E-state index in [-0.39, 0.29) is 0 Å². The average molecular weight is 324 g/mol. The van der Waals surface area contributed by atoms with Gasteiger partial charge in [-0.2, -0.15) is 0 Å². The molecule has 0 atom stereocenters. The van der Waals surface area contributed by atoms with Gasteiger partial charge in [0.25, 0.3) is 0 Å². The molecule has 0 fully saturated rings. The summed E-state index contributed by atoms with van der Waals surface area (Å²) in [5.74, 6) is 1.59. The molecule has 0 saturated carbocycles. The third-order valence-electron chi connectivity index (χ3n) is 3.87. The van der Waals surface area contributed by atoms with Crippen molar-refractivity contribution in [1.82, 2.24) is 9.97 Å². The molecule has 2 heterocycles. The zero-order valence-electron chi connectivity index (χ0n) is 13.5. The van der Waals surface area contributed by atoms with E-state index in [1.165, 1.54) is 0 Å². The van der Waals surface area contributed by atoms with Crippen LogP contribution >= 0.6 is 0 Å². The van der Waals surface area contributed by atoms with Gasteiger partial charge in [-0.05, 0) is 72.8 Å². The minimum atomic E-state index is 0.797. The Morgan fingerprint density at radius 3 is 1.28 bits per heavy atom. The molecule has 0 radical (unpaired) electrons. The number of nitrogens with zero attached hydrogens (tertiary/aromatic N) is 2. The molecule has 3 heteroatoms. The van der Waals surface area contributed by atoms with Gasteiger partial charge in [0, 0.05) is 23.5 Å². The summed E-state index contributed by atoms with van der Waals surface area (Å²) in [6.07, 6.45) is 3.59. The largest absolute Gasteiger partial charge is 0.457 e. The Morgan fingerprint density at radius 2 is 0.920 bits per heavy atom. The van der Waals surface area contributed by atoms with Crippen molar-refractivity contribution < 1.29 is 4.74 Å². The number of ether oxygens (including phenoxy) is 1. The van der Waals surface area contributed by atoms with Crippen molar-refractivity contribution in [2.45, 2.75) is 0 Å². The molecule has 0 aliphatic rings. The van der Waals surface area contributed by atoms with Crippen molar-refractivity contribution in [1.29, 1.82) is 0 Å². The van der Waals surface area contributed by atoms with Gasteiger partial charge in [0.15, 0.2) is 0 Å². The van der Waals surface area contributed by atoms with Crippen molar-refractivity contribution >= 4 is 0 Å². The number of hydrogen-bond acceptors (Lipinski definition) is 3. The van der Waals surface area contributed by atoms with Crippen LogP contribution in [-0.4, -0.2) is 9.97 Å². The standard InChI is InChI=1S/C22H16N2O/c1-3-15-23-21(5-1)17-7-11-19(12-8-17)25-20-13-9-18(10-14-20)22-6-2-4-16-24-22/h1-16H. The van der Waals surface area contributed by atoms with Crippen molar-refractivity contribution in [2.24, 2.45) is 0 Å². The Bertz CT molecular complexity index is 854. The summed E-state index contributed by atoms with van der Waals surface area (Å²) in [4.78, 5) is 8.71. The molecule has 0 amide bonds. The summed E-state index contributed by atoms with van der Waals surface area (Å²) in [6.45, 7) is 0. The van der Waals surface area contributed by atoms with E-state index in [1.807, 2.05) is 84.9 Å². The molecule has 0 bridgehead atoms. The highest BCUT2D eigenvalue weighted by Gasteiger charge is 2.02. The summed E-state index contributed by atoms with van der Waals surface area (Å²) in [5.41, 5.74) is 4.04. The maximum Gasteiger partial charge on any atom is 0.127 e. The van der Waals surface area contributed by atoms with Crippen LogP contribution in [0, 0.1) is 0 Å². The molecule has 0 N–H and O–H groups in total. The third kappa shape index (κ3) is 3.56. The Kier molecular flexibility index (Phi) is 4.21. The van der Waals surface area contributed by atoms with Crippen LogP contribution in [0.25, 0.3) is 22.5 Å². The molecule has 0 unspecified atom stereocenters. The van der Waals surface area contributed by atoms with E-state index >= 15 is 0 Å². The van der Waals surface area contributed by atoms with Gasteiger partial charge < -0.3 is 4.74 Å². The zero-order chi connectivity index (χ0) is 16.9. The molecule has 3 nitrogen and oxygen atoms in total. The normalized spacial score (nSPS) is 10.4. The van der Waals surface area contributed by atoms with Gasteiger partial charge in [0.05, 0.1) is 11.4 Å². The SMILES string of the molecule is c1ccc(-c2ccc(Oc3ccc(-c4ccccn4)cc3)cc2)nc1. The van der Waals surface area contributed by atoms with Gasteiger partial charge in [-0.15, -0.1) is 0 Å². The van der Waals surface area contributed by atoms with E-state index in [1.54, 1.807) is 12.4 Å². The highest BCUT2D eigenvalue weighted by molar-refractivity contribution is 5.61. The Balaban J connectivity index is 1.49. The number of hydrogen-bond donors (Lipinski definition) is 0. The second kappa shape index (κ2) is 6.97. The van der Waals surface area contributed by atoms with E-state index in [2.05, 4.69) is 9.97 Å². The van der Waals surface area contributed by atoms with Crippen molar-refractivity contribution in [3.05, 3.63) is 97.3 Å². The lowest BCUT2D eigenvalue weighted by molar-refractivity contribution is 0.483. The molecule has 25 heavy (non-hydrogen) atoms. The van der Waals surface area contributed by atoms with E-state index in [0.29, 0.717) is 0 Å². The molecule has 2 aromatic heterocycles. The lowest BCUT2D eigenvalue weighted by Crippen LogP contribution is -1.86. The smallest absolute Gasteiger partial charge is 0.127 e. The minimum Gasteiger partial charge on any atom is -0.457 e. The van der Waals surface area contributed by atoms with Crippen LogP contribution in [0.3, 0.4) is 0 Å². The fraction of sp³-hybridized carbons (Fsp3) is 0.